The van der Waals surface area contributed by atoms with Crippen molar-refractivity contribution in [2.24, 2.45) is 0 Å². The number of morpholine rings is 1. The zero-order valence-corrected chi connectivity index (χ0v) is 14.4. The van der Waals surface area contributed by atoms with Crippen LogP contribution in [0.25, 0.3) is 0 Å². The van der Waals surface area contributed by atoms with Gasteiger partial charge in [0.25, 0.3) is 0 Å². The van der Waals surface area contributed by atoms with Gasteiger partial charge in [-0.3, -0.25) is 4.79 Å². The molecule has 0 aliphatic carbocycles. The van der Waals surface area contributed by atoms with E-state index in [1.165, 1.54) is 0 Å². The third kappa shape index (κ3) is 4.84. The van der Waals surface area contributed by atoms with E-state index in [0.29, 0.717) is 24.5 Å². The molecule has 1 aromatic rings. The molecule has 0 bridgehead atoms. The fourth-order valence-electron chi connectivity index (χ4n) is 2.68. The van der Waals surface area contributed by atoms with E-state index in [-0.39, 0.29) is 12.0 Å². The Morgan fingerprint density at radius 2 is 2.09 bits per heavy atom. The smallest absolute Gasteiger partial charge is 0.226 e. The molecular weight excluding hydrogens is 296 g/mol. The molecule has 1 heterocycles. The molecule has 0 spiro atoms. The van der Waals surface area contributed by atoms with Gasteiger partial charge in [0.15, 0.2) is 11.5 Å². The first-order valence-corrected chi connectivity index (χ1v) is 7.78. The van der Waals surface area contributed by atoms with E-state index in [1.807, 2.05) is 25.2 Å². The van der Waals surface area contributed by atoms with Crippen molar-refractivity contribution in [2.45, 2.75) is 12.5 Å². The second-order valence-corrected chi connectivity index (χ2v) is 5.90. The summed E-state index contributed by atoms with van der Waals surface area (Å²) in [4.78, 5) is 16.4. The number of carbonyl (C=O) groups excluding carboxylic acids is 1. The Bertz CT molecular complexity index is 535. The number of benzene rings is 1. The summed E-state index contributed by atoms with van der Waals surface area (Å²) in [5.74, 6) is 1.36. The van der Waals surface area contributed by atoms with Crippen molar-refractivity contribution in [1.29, 1.82) is 0 Å². The van der Waals surface area contributed by atoms with Crippen molar-refractivity contribution < 1.29 is 19.0 Å². The van der Waals surface area contributed by atoms with Crippen LogP contribution in [0, 0.1) is 0 Å². The summed E-state index contributed by atoms with van der Waals surface area (Å²) in [6, 6.07) is 5.55. The number of methoxy groups -OCH3 is 2. The molecule has 1 saturated heterocycles. The molecule has 1 aliphatic rings. The topological polar surface area (TPSA) is 51.2 Å². The average Bonchev–Trinajstić information content (AvgIpc) is 2.54. The van der Waals surface area contributed by atoms with Crippen LogP contribution in [0.3, 0.4) is 0 Å². The molecule has 2 rings (SSSR count). The minimum absolute atomic E-state index is 0.0639. The van der Waals surface area contributed by atoms with Gasteiger partial charge in [0, 0.05) is 26.7 Å². The molecule has 1 fully saturated rings. The molecule has 1 aliphatic heterocycles. The molecule has 6 nitrogen and oxygen atoms in total. The predicted molar refractivity (Wildman–Crippen MR) is 88.1 cm³/mol. The van der Waals surface area contributed by atoms with Gasteiger partial charge in [0.2, 0.25) is 5.91 Å². The molecule has 23 heavy (non-hydrogen) atoms. The monoisotopic (exact) mass is 322 g/mol. The third-order valence-electron chi connectivity index (χ3n) is 4.05. The Balaban J connectivity index is 1.92. The highest BCUT2D eigenvalue weighted by Gasteiger charge is 2.21. The van der Waals surface area contributed by atoms with Crippen LogP contribution in [-0.4, -0.2) is 76.4 Å². The Hall–Kier alpha value is -1.79. The molecule has 1 atom stereocenters. The Morgan fingerprint density at radius 3 is 2.74 bits per heavy atom. The van der Waals surface area contributed by atoms with E-state index in [1.54, 1.807) is 19.1 Å². The van der Waals surface area contributed by atoms with Crippen molar-refractivity contribution in [3.05, 3.63) is 23.8 Å². The fourth-order valence-corrected chi connectivity index (χ4v) is 2.68. The van der Waals surface area contributed by atoms with E-state index in [9.17, 15) is 4.79 Å². The molecule has 1 aromatic carbocycles. The Labute approximate surface area is 137 Å². The van der Waals surface area contributed by atoms with Crippen LogP contribution < -0.4 is 9.47 Å². The number of nitrogens with zero attached hydrogens (tertiary/aromatic N) is 2. The number of hydrogen-bond donors (Lipinski definition) is 0. The summed E-state index contributed by atoms with van der Waals surface area (Å²) in [5, 5.41) is 0. The van der Waals surface area contributed by atoms with Crippen molar-refractivity contribution in [2.75, 3.05) is 54.6 Å². The maximum absolute atomic E-state index is 12.4. The van der Waals surface area contributed by atoms with Gasteiger partial charge in [-0.05, 0) is 24.7 Å². The highest BCUT2D eigenvalue weighted by molar-refractivity contribution is 5.78. The van der Waals surface area contributed by atoms with Crippen LogP contribution in [0.15, 0.2) is 18.2 Å². The van der Waals surface area contributed by atoms with Gasteiger partial charge < -0.3 is 24.0 Å². The lowest BCUT2D eigenvalue weighted by molar-refractivity contribution is -0.132. The molecule has 6 heteroatoms. The molecule has 0 aromatic heterocycles. The maximum Gasteiger partial charge on any atom is 0.226 e. The summed E-state index contributed by atoms with van der Waals surface area (Å²) in [5.41, 5.74) is 0.904. The molecule has 0 saturated carbocycles. The molecule has 1 amide bonds. The normalized spacial score (nSPS) is 18.5. The minimum atomic E-state index is 0.0639. The summed E-state index contributed by atoms with van der Waals surface area (Å²) in [6.45, 7) is 3.13. The summed E-state index contributed by atoms with van der Waals surface area (Å²) < 4.78 is 16.2. The third-order valence-corrected chi connectivity index (χ3v) is 4.05. The number of hydrogen-bond acceptors (Lipinski definition) is 5. The average molecular weight is 322 g/mol. The van der Waals surface area contributed by atoms with Gasteiger partial charge in [0.05, 0.1) is 33.4 Å². The number of amides is 1. The first-order valence-electron chi connectivity index (χ1n) is 7.78. The lowest BCUT2D eigenvalue weighted by atomic mass is 10.1. The highest BCUT2D eigenvalue weighted by Crippen LogP contribution is 2.27. The van der Waals surface area contributed by atoms with Gasteiger partial charge >= 0.3 is 0 Å². The second-order valence-electron chi connectivity index (χ2n) is 5.90. The van der Waals surface area contributed by atoms with Crippen LogP contribution >= 0.6 is 0 Å². The number of carbonyl (C=O) groups is 1. The van der Waals surface area contributed by atoms with Crippen LogP contribution in [0.5, 0.6) is 11.5 Å². The molecule has 0 N–H and O–H groups in total. The second kappa shape index (κ2) is 8.17. The van der Waals surface area contributed by atoms with Crippen molar-refractivity contribution in [3.8, 4) is 11.5 Å². The lowest BCUT2D eigenvalue weighted by Gasteiger charge is -2.32. The molecule has 1 unspecified atom stereocenters. The summed E-state index contributed by atoms with van der Waals surface area (Å²) >= 11 is 0. The summed E-state index contributed by atoms with van der Waals surface area (Å²) in [6.07, 6.45) is 0.410. The number of rotatable bonds is 6. The standard InChI is InChI=1S/C17H26N2O4/c1-18-7-8-23-14(11-18)12-19(2)17(20)10-13-5-6-15(21-3)16(9-13)22-4/h5-6,9,14H,7-8,10-12H2,1-4H3. The SMILES string of the molecule is COc1ccc(CC(=O)N(C)CC2CN(C)CCO2)cc1OC. The van der Waals surface area contributed by atoms with E-state index in [2.05, 4.69) is 11.9 Å². The zero-order valence-electron chi connectivity index (χ0n) is 14.4. The number of ether oxygens (including phenoxy) is 3. The van der Waals surface area contributed by atoms with Gasteiger partial charge in [-0.25, -0.2) is 0 Å². The van der Waals surface area contributed by atoms with Gasteiger partial charge in [-0.1, -0.05) is 6.07 Å². The van der Waals surface area contributed by atoms with Gasteiger partial charge in [-0.15, -0.1) is 0 Å². The van der Waals surface area contributed by atoms with Crippen molar-refractivity contribution >= 4 is 5.91 Å². The van der Waals surface area contributed by atoms with Crippen LogP contribution in [0.1, 0.15) is 5.56 Å². The van der Waals surface area contributed by atoms with Crippen LogP contribution in [0.4, 0.5) is 0 Å². The van der Waals surface area contributed by atoms with Crippen LogP contribution in [0.2, 0.25) is 0 Å². The molecular formula is C17H26N2O4. The molecule has 128 valence electrons. The van der Waals surface area contributed by atoms with Crippen molar-refractivity contribution in [1.82, 2.24) is 9.80 Å². The van der Waals surface area contributed by atoms with E-state index < -0.39 is 0 Å². The fraction of sp³-hybridized carbons (Fsp3) is 0.588. The quantitative estimate of drug-likeness (QED) is 0.783. The van der Waals surface area contributed by atoms with Crippen molar-refractivity contribution in [3.63, 3.8) is 0 Å². The zero-order chi connectivity index (χ0) is 16.8. The molecule has 0 radical (unpaired) electrons. The van der Waals surface area contributed by atoms with Gasteiger partial charge in [0.1, 0.15) is 0 Å². The first kappa shape index (κ1) is 17.6. The van der Waals surface area contributed by atoms with Gasteiger partial charge in [-0.2, -0.15) is 0 Å². The lowest BCUT2D eigenvalue weighted by Crippen LogP contribution is -2.46. The van der Waals surface area contributed by atoms with E-state index >= 15 is 0 Å². The van der Waals surface area contributed by atoms with Crippen LogP contribution in [-0.2, 0) is 16.0 Å². The maximum atomic E-state index is 12.4. The predicted octanol–water partition coefficient (Wildman–Crippen LogP) is 1.04. The first-order chi connectivity index (χ1) is 11.0. The largest absolute Gasteiger partial charge is 0.493 e. The number of likely N-dealkylation sites (N-methyl/N-ethyl adjacent to an activating group) is 2. The van der Waals surface area contributed by atoms with E-state index in [4.69, 9.17) is 14.2 Å². The Kier molecular flexibility index (Phi) is 6.24. The summed E-state index contributed by atoms with van der Waals surface area (Å²) in [7, 11) is 7.08. The minimum Gasteiger partial charge on any atom is -0.493 e. The van der Waals surface area contributed by atoms with E-state index in [0.717, 1.165) is 25.3 Å². The highest BCUT2D eigenvalue weighted by atomic mass is 16.5. The Morgan fingerprint density at radius 1 is 1.35 bits per heavy atom.